The van der Waals surface area contributed by atoms with Gasteiger partial charge >= 0.3 is 0 Å². The van der Waals surface area contributed by atoms with Gasteiger partial charge in [0.2, 0.25) is 0 Å². The molecule has 3 N–H and O–H groups in total. The fourth-order valence-corrected chi connectivity index (χ4v) is 2.95. The van der Waals surface area contributed by atoms with Gasteiger partial charge in [0, 0.05) is 19.7 Å². The van der Waals surface area contributed by atoms with Crippen LogP contribution in [0.5, 0.6) is 0 Å². The van der Waals surface area contributed by atoms with Crippen LogP contribution in [0.2, 0.25) is 0 Å². The van der Waals surface area contributed by atoms with E-state index in [1.807, 2.05) is 0 Å². The van der Waals surface area contributed by atoms with Crippen molar-refractivity contribution in [2.45, 2.75) is 52.2 Å². The number of hydrogen-bond donors (Lipinski definition) is 2. The van der Waals surface area contributed by atoms with Gasteiger partial charge in [0.05, 0.1) is 0 Å². The first kappa shape index (κ1) is 15.4. The van der Waals surface area contributed by atoms with Gasteiger partial charge in [-0.1, -0.05) is 27.2 Å². The summed E-state index contributed by atoms with van der Waals surface area (Å²) in [6.07, 6.45) is 3.01. The number of hydrogen-bond acceptors (Lipinski definition) is 3. The van der Waals surface area contributed by atoms with Crippen LogP contribution >= 0.6 is 0 Å². The number of carbonyl (C=O) groups is 1. The van der Waals surface area contributed by atoms with Gasteiger partial charge in [0.1, 0.15) is 6.10 Å². The average molecular weight is 256 g/mol. The maximum atomic E-state index is 12.0. The van der Waals surface area contributed by atoms with Crippen LogP contribution in [0.1, 0.15) is 40.0 Å². The van der Waals surface area contributed by atoms with Gasteiger partial charge in [-0.2, -0.15) is 0 Å². The van der Waals surface area contributed by atoms with Crippen molar-refractivity contribution in [2.75, 3.05) is 13.7 Å². The van der Waals surface area contributed by atoms with Crippen LogP contribution in [0.25, 0.3) is 0 Å². The number of nitrogens with one attached hydrogen (secondary N) is 1. The molecule has 0 bridgehead atoms. The number of amides is 1. The van der Waals surface area contributed by atoms with Crippen LogP contribution in [-0.2, 0) is 9.53 Å². The Kier molecular flexibility index (Phi) is 6.09. The fourth-order valence-electron chi connectivity index (χ4n) is 2.95. The lowest BCUT2D eigenvalue weighted by atomic mass is 9.74. The Balaban J connectivity index is 2.63. The molecule has 1 aliphatic rings. The van der Waals surface area contributed by atoms with E-state index < -0.39 is 6.10 Å². The van der Waals surface area contributed by atoms with Crippen molar-refractivity contribution in [3.8, 4) is 0 Å². The molecule has 106 valence electrons. The highest BCUT2D eigenvalue weighted by Gasteiger charge is 2.32. The molecule has 0 spiro atoms. The van der Waals surface area contributed by atoms with Crippen LogP contribution in [0, 0.1) is 17.8 Å². The zero-order valence-corrected chi connectivity index (χ0v) is 12.1. The first-order valence-electron chi connectivity index (χ1n) is 7.02. The van der Waals surface area contributed by atoms with Crippen molar-refractivity contribution < 1.29 is 9.53 Å². The third-order valence-electron chi connectivity index (χ3n) is 4.14. The molecule has 0 aromatic heterocycles. The van der Waals surface area contributed by atoms with Gasteiger partial charge in [0.15, 0.2) is 0 Å². The second kappa shape index (κ2) is 7.10. The van der Waals surface area contributed by atoms with Crippen LogP contribution in [0.15, 0.2) is 0 Å². The van der Waals surface area contributed by atoms with Gasteiger partial charge in [-0.05, 0) is 30.6 Å². The zero-order valence-electron chi connectivity index (χ0n) is 12.1. The Labute approximate surface area is 111 Å². The molecular formula is C14H28N2O2. The molecule has 4 atom stereocenters. The Morgan fingerprint density at radius 1 is 1.44 bits per heavy atom. The summed E-state index contributed by atoms with van der Waals surface area (Å²) in [7, 11) is 1.53. The van der Waals surface area contributed by atoms with E-state index in [4.69, 9.17) is 10.5 Å². The Morgan fingerprint density at radius 2 is 2.11 bits per heavy atom. The molecule has 1 aliphatic carbocycles. The van der Waals surface area contributed by atoms with Crippen molar-refractivity contribution in [3.63, 3.8) is 0 Å². The third kappa shape index (κ3) is 3.95. The highest BCUT2D eigenvalue weighted by molar-refractivity contribution is 5.81. The highest BCUT2D eigenvalue weighted by Crippen LogP contribution is 2.33. The lowest BCUT2D eigenvalue weighted by Crippen LogP contribution is -2.50. The van der Waals surface area contributed by atoms with Crippen molar-refractivity contribution in [3.05, 3.63) is 0 Å². The van der Waals surface area contributed by atoms with E-state index in [0.29, 0.717) is 17.8 Å². The molecule has 0 heterocycles. The maximum Gasteiger partial charge on any atom is 0.250 e. The Morgan fingerprint density at radius 3 is 2.61 bits per heavy atom. The average Bonchev–Trinajstić information content (AvgIpc) is 2.30. The Bertz CT molecular complexity index is 265. The van der Waals surface area contributed by atoms with E-state index in [1.54, 1.807) is 0 Å². The van der Waals surface area contributed by atoms with E-state index in [9.17, 15) is 4.79 Å². The molecule has 4 heteroatoms. The standard InChI is InChI=1S/C14H28N2O2/c1-9(2)11-6-5-10(3)7-12(11)16-14(17)13(8-15)18-4/h9-13H,5-8,15H2,1-4H3,(H,16,17). The molecule has 1 rings (SSSR count). The van der Waals surface area contributed by atoms with Crippen molar-refractivity contribution >= 4 is 5.91 Å². The minimum absolute atomic E-state index is 0.0650. The highest BCUT2D eigenvalue weighted by atomic mass is 16.5. The van der Waals surface area contributed by atoms with Gasteiger partial charge in [-0.15, -0.1) is 0 Å². The first-order valence-corrected chi connectivity index (χ1v) is 7.02. The monoisotopic (exact) mass is 256 g/mol. The molecule has 4 unspecified atom stereocenters. The van der Waals surface area contributed by atoms with Crippen LogP contribution < -0.4 is 11.1 Å². The van der Waals surface area contributed by atoms with Crippen molar-refractivity contribution in [1.29, 1.82) is 0 Å². The minimum Gasteiger partial charge on any atom is -0.370 e. The molecule has 0 aliphatic heterocycles. The fraction of sp³-hybridized carbons (Fsp3) is 0.929. The van der Waals surface area contributed by atoms with Gasteiger partial charge in [-0.25, -0.2) is 0 Å². The lowest BCUT2D eigenvalue weighted by Gasteiger charge is -2.38. The van der Waals surface area contributed by atoms with Crippen LogP contribution in [0.4, 0.5) is 0 Å². The molecule has 0 radical (unpaired) electrons. The van der Waals surface area contributed by atoms with Gasteiger partial charge in [-0.3, -0.25) is 4.79 Å². The molecule has 0 aromatic carbocycles. The Hall–Kier alpha value is -0.610. The molecule has 4 nitrogen and oxygen atoms in total. The summed E-state index contributed by atoms with van der Waals surface area (Å²) in [5, 5.41) is 3.14. The van der Waals surface area contributed by atoms with Crippen molar-refractivity contribution in [2.24, 2.45) is 23.5 Å². The number of ether oxygens (including phenoxy) is 1. The van der Waals surface area contributed by atoms with Gasteiger partial charge < -0.3 is 15.8 Å². The molecule has 0 aromatic rings. The normalized spacial score (nSPS) is 30.2. The molecule has 0 saturated heterocycles. The second-order valence-corrected chi connectivity index (χ2v) is 5.90. The molecule has 1 fully saturated rings. The van der Waals surface area contributed by atoms with Crippen LogP contribution in [0.3, 0.4) is 0 Å². The number of methoxy groups -OCH3 is 1. The SMILES string of the molecule is COC(CN)C(=O)NC1CC(C)CCC1C(C)C. The minimum atomic E-state index is -0.518. The van der Waals surface area contributed by atoms with E-state index in [0.717, 1.165) is 6.42 Å². The molecule has 18 heavy (non-hydrogen) atoms. The van der Waals surface area contributed by atoms with Crippen molar-refractivity contribution in [1.82, 2.24) is 5.32 Å². The summed E-state index contributed by atoms with van der Waals surface area (Å²) in [4.78, 5) is 12.0. The largest absolute Gasteiger partial charge is 0.370 e. The van der Waals surface area contributed by atoms with E-state index in [-0.39, 0.29) is 18.5 Å². The summed E-state index contributed by atoms with van der Waals surface area (Å²) in [5.41, 5.74) is 5.53. The summed E-state index contributed by atoms with van der Waals surface area (Å²) in [6, 6.07) is 0.269. The topological polar surface area (TPSA) is 64.3 Å². The predicted octanol–water partition coefficient (Wildman–Crippen LogP) is 1.54. The summed E-state index contributed by atoms with van der Waals surface area (Å²) in [6.45, 7) is 6.95. The first-order chi connectivity index (χ1) is 8.49. The quantitative estimate of drug-likeness (QED) is 0.784. The molecule has 1 amide bonds. The predicted molar refractivity (Wildman–Crippen MR) is 73.1 cm³/mol. The summed E-state index contributed by atoms with van der Waals surface area (Å²) < 4.78 is 5.09. The van der Waals surface area contributed by atoms with E-state index in [2.05, 4.69) is 26.1 Å². The van der Waals surface area contributed by atoms with Gasteiger partial charge in [0.25, 0.3) is 5.91 Å². The zero-order chi connectivity index (χ0) is 13.7. The third-order valence-corrected chi connectivity index (χ3v) is 4.14. The number of carbonyl (C=O) groups excluding carboxylic acids is 1. The smallest absolute Gasteiger partial charge is 0.250 e. The van der Waals surface area contributed by atoms with Crippen LogP contribution in [-0.4, -0.2) is 31.7 Å². The summed E-state index contributed by atoms with van der Waals surface area (Å²) in [5.74, 6) is 1.79. The van der Waals surface area contributed by atoms with E-state index >= 15 is 0 Å². The number of nitrogens with two attached hydrogens (primary N) is 1. The second-order valence-electron chi connectivity index (χ2n) is 5.90. The summed E-state index contributed by atoms with van der Waals surface area (Å²) >= 11 is 0. The molecule has 1 saturated carbocycles. The maximum absolute atomic E-state index is 12.0. The lowest BCUT2D eigenvalue weighted by molar-refractivity contribution is -0.132. The number of rotatable bonds is 5. The molecular weight excluding hydrogens is 228 g/mol. The van der Waals surface area contributed by atoms with E-state index in [1.165, 1.54) is 20.0 Å².